The van der Waals surface area contributed by atoms with Crippen molar-refractivity contribution in [1.82, 2.24) is 4.90 Å². The Balaban J connectivity index is 2.58. The van der Waals surface area contributed by atoms with Gasteiger partial charge in [-0.3, -0.25) is 4.79 Å². The van der Waals surface area contributed by atoms with Gasteiger partial charge < -0.3 is 14.7 Å². The van der Waals surface area contributed by atoms with Crippen molar-refractivity contribution < 1.29 is 14.6 Å². The lowest BCUT2D eigenvalue weighted by Gasteiger charge is -2.20. The van der Waals surface area contributed by atoms with E-state index in [1.807, 2.05) is 11.4 Å². The molecule has 1 aromatic rings. The highest BCUT2D eigenvalue weighted by molar-refractivity contribution is 9.10. The Bertz CT molecular complexity index is 356. The van der Waals surface area contributed by atoms with Crippen LogP contribution in [0, 0.1) is 0 Å². The molecule has 0 aromatic carbocycles. The molecule has 0 saturated heterocycles. The van der Waals surface area contributed by atoms with Gasteiger partial charge >= 0.3 is 0 Å². The van der Waals surface area contributed by atoms with Gasteiger partial charge in [-0.05, 0) is 27.4 Å². The van der Waals surface area contributed by atoms with Gasteiger partial charge in [-0.15, -0.1) is 11.3 Å². The van der Waals surface area contributed by atoms with E-state index in [0.29, 0.717) is 4.88 Å². The summed E-state index contributed by atoms with van der Waals surface area (Å²) in [6, 6.07) is 1.83. The van der Waals surface area contributed by atoms with Crippen LogP contribution in [0.3, 0.4) is 0 Å². The fourth-order valence-corrected chi connectivity index (χ4v) is 2.80. The van der Waals surface area contributed by atoms with Crippen LogP contribution in [0.2, 0.25) is 0 Å². The van der Waals surface area contributed by atoms with Crippen molar-refractivity contribution in [2.24, 2.45) is 0 Å². The van der Waals surface area contributed by atoms with Crippen molar-refractivity contribution in [3.63, 3.8) is 0 Å². The van der Waals surface area contributed by atoms with Crippen molar-refractivity contribution >= 4 is 33.2 Å². The second-order valence-corrected chi connectivity index (χ2v) is 5.16. The van der Waals surface area contributed by atoms with E-state index in [0.717, 1.165) is 4.47 Å². The van der Waals surface area contributed by atoms with Crippen LogP contribution in [0.1, 0.15) is 9.67 Å². The third kappa shape index (κ3) is 3.55. The van der Waals surface area contributed by atoms with E-state index in [9.17, 15) is 9.90 Å². The molecule has 6 heteroatoms. The predicted octanol–water partition coefficient (Wildman–Crippen LogP) is 1.59. The molecule has 1 aromatic heterocycles. The number of hydrogen-bond acceptors (Lipinski definition) is 4. The van der Waals surface area contributed by atoms with Crippen molar-refractivity contribution in [2.45, 2.75) is 6.10 Å². The molecular weight excluding hydrogens is 294 g/mol. The first kappa shape index (κ1) is 13.6. The summed E-state index contributed by atoms with van der Waals surface area (Å²) in [6.45, 7) is 0.486. The van der Waals surface area contributed by atoms with Gasteiger partial charge in [0.05, 0.1) is 12.7 Å². The molecule has 0 aliphatic carbocycles. The standard InChI is InChI=1S/C10H14BrNO3S/c1-12(5-7(13)6-15-2)10(14)9-8(11)3-4-16-9/h3-4,7,13H,5-6H2,1-2H3. The SMILES string of the molecule is COCC(O)CN(C)C(=O)c1sccc1Br. The maximum Gasteiger partial charge on any atom is 0.264 e. The predicted molar refractivity (Wildman–Crippen MR) is 66.9 cm³/mol. The summed E-state index contributed by atoms with van der Waals surface area (Å²) < 4.78 is 5.59. The lowest BCUT2D eigenvalue weighted by Crippen LogP contribution is -2.36. The monoisotopic (exact) mass is 307 g/mol. The smallest absolute Gasteiger partial charge is 0.264 e. The Hall–Kier alpha value is -0.430. The second kappa shape index (κ2) is 6.34. The summed E-state index contributed by atoms with van der Waals surface area (Å²) in [4.78, 5) is 14.1. The molecular formula is C10H14BrNO3S. The number of carbonyl (C=O) groups is 1. The Kier molecular flexibility index (Phi) is 5.40. The minimum absolute atomic E-state index is 0.1000. The number of likely N-dealkylation sites (N-methyl/N-ethyl adjacent to an activating group) is 1. The molecule has 0 fully saturated rings. The molecule has 16 heavy (non-hydrogen) atoms. The van der Waals surface area contributed by atoms with Gasteiger partial charge in [0.25, 0.3) is 5.91 Å². The van der Waals surface area contributed by atoms with Crippen molar-refractivity contribution in [3.05, 3.63) is 20.8 Å². The fourth-order valence-electron chi connectivity index (χ4n) is 1.26. The van der Waals surface area contributed by atoms with Crippen LogP contribution in [-0.4, -0.2) is 49.3 Å². The molecule has 4 nitrogen and oxygen atoms in total. The normalized spacial score (nSPS) is 12.5. The van der Waals surface area contributed by atoms with Crippen molar-refractivity contribution in [2.75, 3.05) is 27.3 Å². The molecule has 0 aliphatic rings. The third-order valence-electron chi connectivity index (χ3n) is 2.00. The lowest BCUT2D eigenvalue weighted by molar-refractivity contribution is 0.0382. The van der Waals surface area contributed by atoms with Gasteiger partial charge in [0.2, 0.25) is 0 Å². The van der Waals surface area contributed by atoms with E-state index < -0.39 is 6.10 Å². The van der Waals surface area contributed by atoms with Gasteiger partial charge in [-0.2, -0.15) is 0 Å². The van der Waals surface area contributed by atoms with Gasteiger partial charge in [0, 0.05) is 25.2 Å². The van der Waals surface area contributed by atoms with Gasteiger partial charge in [0.15, 0.2) is 0 Å². The zero-order valence-electron chi connectivity index (χ0n) is 9.14. The molecule has 1 amide bonds. The van der Waals surface area contributed by atoms with Gasteiger partial charge in [0.1, 0.15) is 4.88 Å². The van der Waals surface area contributed by atoms with Crippen LogP contribution in [0.4, 0.5) is 0 Å². The van der Waals surface area contributed by atoms with Crippen molar-refractivity contribution in [3.8, 4) is 0 Å². The van der Waals surface area contributed by atoms with E-state index in [1.165, 1.54) is 23.3 Å². The summed E-state index contributed by atoms with van der Waals surface area (Å²) in [6.07, 6.45) is -0.655. The number of rotatable bonds is 5. The molecule has 0 aliphatic heterocycles. The van der Waals surface area contributed by atoms with Gasteiger partial charge in [-0.1, -0.05) is 0 Å². The quantitative estimate of drug-likeness (QED) is 0.899. The van der Waals surface area contributed by atoms with Crippen LogP contribution < -0.4 is 0 Å². The van der Waals surface area contributed by atoms with E-state index in [2.05, 4.69) is 15.9 Å². The maximum absolute atomic E-state index is 11.9. The van der Waals surface area contributed by atoms with Crippen LogP contribution in [0.5, 0.6) is 0 Å². The number of nitrogens with zero attached hydrogens (tertiary/aromatic N) is 1. The molecule has 1 unspecified atom stereocenters. The van der Waals surface area contributed by atoms with E-state index >= 15 is 0 Å². The van der Waals surface area contributed by atoms with Crippen LogP contribution >= 0.6 is 27.3 Å². The average Bonchev–Trinajstić information content (AvgIpc) is 2.63. The Morgan fingerprint density at radius 2 is 2.44 bits per heavy atom. The summed E-state index contributed by atoms with van der Waals surface area (Å²) in [7, 11) is 3.17. The zero-order valence-corrected chi connectivity index (χ0v) is 11.5. The molecule has 0 radical (unpaired) electrons. The Morgan fingerprint density at radius 1 is 1.75 bits per heavy atom. The summed E-state index contributed by atoms with van der Waals surface area (Å²) in [5.41, 5.74) is 0. The highest BCUT2D eigenvalue weighted by Gasteiger charge is 2.18. The van der Waals surface area contributed by atoms with Crippen LogP contribution in [0.25, 0.3) is 0 Å². The second-order valence-electron chi connectivity index (χ2n) is 3.39. The molecule has 1 N–H and O–H groups in total. The number of ether oxygens (including phenoxy) is 1. The first-order valence-electron chi connectivity index (χ1n) is 4.71. The Morgan fingerprint density at radius 3 is 2.94 bits per heavy atom. The topological polar surface area (TPSA) is 49.8 Å². The molecule has 0 bridgehead atoms. The highest BCUT2D eigenvalue weighted by atomic mass is 79.9. The number of amides is 1. The van der Waals surface area contributed by atoms with E-state index in [1.54, 1.807) is 7.05 Å². The first-order chi connectivity index (χ1) is 7.56. The number of methoxy groups -OCH3 is 1. The largest absolute Gasteiger partial charge is 0.389 e. The maximum atomic E-state index is 11.9. The van der Waals surface area contributed by atoms with Gasteiger partial charge in [-0.25, -0.2) is 0 Å². The third-order valence-corrected chi connectivity index (χ3v) is 3.83. The lowest BCUT2D eigenvalue weighted by atomic mass is 10.3. The number of halogens is 1. The number of thiophene rings is 1. The summed E-state index contributed by atoms with van der Waals surface area (Å²) in [5, 5.41) is 11.4. The molecule has 0 saturated carbocycles. The molecule has 1 atom stereocenters. The number of hydrogen-bond donors (Lipinski definition) is 1. The average molecular weight is 308 g/mol. The Labute approximate surface area is 107 Å². The molecule has 1 heterocycles. The number of aliphatic hydroxyl groups excluding tert-OH is 1. The first-order valence-corrected chi connectivity index (χ1v) is 6.39. The van der Waals surface area contributed by atoms with Crippen LogP contribution in [0.15, 0.2) is 15.9 Å². The molecule has 90 valence electrons. The highest BCUT2D eigenvalue weighted by Crippen LogP contribution is 2.23. The molecule has 0 spiro atoms. The minimum Gasteiger partial charge on any atom is -0.389 e. The van der Waals surface area contributed by atoms with E-state index in [-0.39, 0.29) is 19.1 Å². The fraction of sp³-hybridized carbons (Fsp3) is 0.500. The molecule has 1 rings (SSSR count). The van der Waals surface area contributed by atoms with Crippen molar-refractivity contribution in [1.29, 1.82) is 0 Å². The summed E-state index contributed by atoms with van der Waals surface area (Å²) in [5.74, 6) is -0.1000. The summed E-state index contributed by atoms with van der Waals surface area (Å²) >= 11 is 4.68. The number of carbonyl (C=O) groups excluding carboxylic acids is 1. The number of aliphatic hydroxyl groups is 1. The minimum atomic E-state index is -0.655. The zero-order chi connectivity index (χ0) is 12.1. The van der Waals surface area contributed by atoms with E-state index in [4.69, 9.17) is 4.74 Å². The van der Waals surface area contributed by atoms with Crippen LogP contribution in [-0.2, 0) is 4.74 Å².